The van der Waals surface area contributed by atoms with Crippen molar-refractivity contribution in [3.63, 3.8) is 0 Å². The second-order valence-electron chi connectivity index (χ2n) is 6.59. The quantitative estimate of drug-likeness (QED) is 0.722. The Kier molecular flexibility index (Phi) is 8.54. The van der Waals surface area contributed by atoms with Crippen LogP contribution in [0.4, 0.5) is 5.69 Å². The van der Waals surface area contributed by atoms with E-state index in [1.165, 1.54) is 6.08 Å². The molecule has 0 spiro atoms. The van der Waals surface area contributed by atoms with Crippen LogP contribution in [-0.4, -0.2) is 25.6 Å². The first kappa shape index (κ1) is 21.5. The van der Waals surface area contributed by atoms with Crippen LogP contribution in [0.5, 0.6) is 5.75 Å². The summed E-state index contributed by atoms with van der Waals surface area (Å²) in [6.07, 6.45) is 5.46. The number of hydrogen-bond acceptors (Lipinski definition) is 4. The lowest BCUT2D eigenvalue weighted by molar-refractivity contribution is -0.111. The van der Waals surface area contributed by atoms with E-state index in [2.05, 4.69) is 16.7 Å². The van der Waals surface area contributed by atoms with Crippen LogP contribution in [0.2, 0.25) is 0 Å². The van der Waals surface area contributed by atoms with E-state index in [1.807, 2.05) is 24.3 Å². The minimum Gasteiger partial charge on any atom is -0.493 e. The van der Waals surface area contributed by atoms with Gasteiger partial charge in [0.25, 0.3) is 0 Å². The molecule has 6 heteroatoms. The zero-order valence-electron chi connectivity index (χ0n) is 15.6. The summed E-state index contributed by atoms with van der Waals surface area (Å²) in [5, 5.41) is 15.0. The fourth-order valence-corrected chi connectivity index (χ4v) is 2.95. The number of hydrogen-bond donors (Lipinski definition) is 2. The van der Waals surface area contributed by atoms with Crippen molar-refractivity contribution in [1.29, 1.82) is 5.26 Å². The largest absolute Gasteiger partial charge is 0.493 e. The molecular weight excluding hydrogens is 374 g/mol. The lowest BCUT2D eigenvalue weighted by Gasteiger charge is -2.22. The highest BCUT2D eigenvalue weighted by Gasteiger charge is 2.13. The third-order valence-electron chi connectivity index (χ3n) is 4.51. The maximum Gasteiger partial charge on any atom is 0.248 e. The Morgan fingerprint density at radius 1 is 1.21 bits per heavy atom. The van der Waals surface area contributed by atoms with E-state index in [9.17, 15) is 4.79 Å². The zero-order valence-corrected chi connectivity index (χ0v) is 16.4. The molecule has 0 atom stereocenters. The van der Waals surface area contributed by atoms with E-state index in [4.69, 9.17) is 10.00 Å². The van der Waals surface area contributed by atoms with Gasteiger partial charge in [0.2, 0.25) is 5.91 Å². The second kappa shape index (κ2) is 11.1. The SMILES string of the molecule is Cl.N#Cc1ccc(/C=C/C(=O)Nc2cccc(OCC3CCNCC3)c2)cc1. The van der Waals surface area contributed by atoms with Gasteiger partial charge in [0.15, 0.2) is 0 Å². The molecule has 0 unspecified atom stereocenters. The fraction of sp³-hybridized carbons (Fsp3) is 0.273. The van der Waals surface area contributed by atoms with Crippen LogP contribution in [0.25, 0.3) is 6.08 Å². The first-order chi connectivity index (χ1) is 13.2. The van der Waals surface area contributed by atoms with Crippen molar-refractivity contribution in [2.45, 2.75) is 12.8 Å². The topological polar surface area (TPSA) is 74.2 Å². The van der Waals surface area contributed by atoms with Gasteiger partial charge in [-0.05, 0) is 67.8 Å². The van der Waals surface area contributed by atoms with Crippen LogP contribution in [0, 0.1) is 17.2 Å². The van der Waals surface area contributed by atoms with Crippen LogP contribution in [0.1, 0.15) is 24.0 Å². The highest BCUT2D eigenvalue weighted by Crippen LogP contribution is 2.20. The third-order valence-corrected chi connectivity index (χ3v) is 4.51. The Morgan fingerprint density at radius 2 is 1.96 bits per heavy atom. The summed E-state index contributed by atoms with van der Waals surface area (Å²) in [6, 6.07) is 16.6. The number of nitrogens with zero attached hydrogens (tertiary/aromatic N) is 1. The summed E-state index contributed by atoms with van der Waals surface area (Å²) < 4.78 is 5.90. The minimum absolute atomic E-state index is 0. The fourth-order valence-electron chi connectivity index (χ4n) is 2.95. The maximum absolute atomic E-state index is 12.1. The van der Waals surface area contributed by atoms with Gasteiger partial charge in [-0.25, -0.2) is 0 Å². The standard InChI is InChI=1S/C22H23N3O2.ClH/c23-15-18-6-4-17(5-7-18)8-9-22(26)25-20-2-1-3-21(14-20)27-16-19-10-12-24-13-11-19;/h1-9,14,19,24H,10-13,16H2,(H,25,26);1H/b9-8+;. The summed E-state index contributed by atoms with van der Waals surface area (Å²) in [5.74, 6) is 1.14. The molecule has 146 valence electrons. The van der Waals surface area contributed by atoms with Crippen molar-refractivity contribution in [2.75, 3.05) is 25.0 Å². The smallest absolute Gasteiger partial charge is 0.248 e. The van der Waals surface area contributed by atoms with Crippen molar-refractivity contribution < 1.29 is 9.53 Å². The van der Waals surface area contributed by atoms with Crippen LogP contribution in [0.3, 0.4) is 0 Å². The number of rotatable bonds is 6. The van der Waals surface area contributed by atoms with Crippen molar-refractivity contribution in [2.24, 2.45) is 5.92 Å². The number of amides is 1. The van der Waals surface area contributed by atoms with Crippen molar-refractivity contribution in [3.05, 3.63) is 65.7 Å². The normalized spacial score (nSPS) is 14.1. The minimum atomic E-state index is -0.213. The number of piperidine rings is 1. The first-order valence-corrected chi connectivity index (χ1v) is 9.16. The summed E-state index contributed by atoms with van der Waals surface area (Å²) in [7, 11) is 0. The average Bonchev–Trinajstić information content (AvgIpc) is 2.72. The molecule has 1 saturated heterocycles. The molecule has 0 aromatic heterocycles. The van der Waals surface area contributed by atoms with E-state index in [0.717, 1.165) is 37.2 Å². The van der Waals surface area contributed by atoms with Crippen LogP contribution < -0.4 is 15.4 Å². The Bertz CT molecular complexity index is 838. The van der Waals surface area contributed by atoms with Gasteiger partial charge in [0.1, 0.15) is 5.75 Å². The number of carbonyl (C=O) groups is 1. The number of ether oxygens (including phenoxy) is 1. The number of nitrogens with one attached hydrogen (secondary N) is 2. The molecule has 0 bridgehead atoms. The molecule has 1 heterocycles. The molecule has 1 amide bonds. The molecule has 28 heavy (non-hydrogen) atoms. The molecule has 1 aliphatic rings. The highest BCUT2D eigenvalue weighted by atomic mass is 35.5. The molecule has 2 aromatic carbocycles. The Balaban J connectivity index is 0.00000280. The number of anilines is 1. The zero-order chi connectivity index (χ0) is 18.9. The van der Waals surface area contributed by atoms with Gasteiger partial charge < -0.3 is 15.4 Å². The lowest BCUT2D eigenvalue weighted by Crippen LogP contribution is -2.30. The molecule has 0 aliphatic carbocycles. The van der Waals surface area contributed by atoms with Gasteiger partial charge in [-0.2, -0.15) is 5.26 Å². The Hall–Kier alpha value is -2.81. The summed E-state index contributed by atoms with van der Waals surface area (Å²) >= 11 is 0. The van der Waals surface area contributed by atoms with Gasteiger partial charge in [0, 0.05) is 17.8 Å². The molecule has 1 fully saturated rings. The molecule has 5 nitrogen and oxygen atoms in total. The third kappa shape index (κ3) is 6.73. The molecule has 0 saturated carbocycles. The van der Waals surface area contributed by atoms with Crippen LogP contribution in [-0.2, 0) is 4.79 Å². The van der Waals surface area contributed by atoms with E-state index in [1.54, 1.807) is 30.3 Å². The van der Waals surface area contributed by atoms with E-state index < -0.39 is 0 Å². The molecular formula is C22H24ClN3O2. The van der Waals surface area contributed by atoms with Crippen molar-refractivity contribution >= 4 is 30.1 Å². The summed E-state index contributed by atoms with van der Waals surface area (Å²) in [5.41, 5.74) is 2.16. The van der Waals surface area contributed by atoms with E-state index in [0.29, 0.717) is 23.8 Å². The predicted molar refractivity (Wildman–Crippen MR) is 114 cm³/mol. The number of nitriles is 1. The summed E-state index contributed by atoms with van der Waals surface area (Å²) in [6.45, 7) is 2.81. The lowest BCUT2D eigenvalue weighted by atomic mass is 9.99. The van der Waals surface area contributed by atoms with Gasteiger partial charge in [-0.1, -0.05) is 18.2 Å². The van der Waals surface area contributed by atoms with Crippen molar-refractivity contribution in [3.8, 4) is 11.8 Å². The molecule has 2 N–H and O–H groups in total. The Labute approximate surface area is 171 Å². The number of halogens is 1. The van der Waals surface area contributed by atoms with Crippen LogP contribution in [0.15, 0.2) is 54.6 Å². The summed E-state index contributed by atoms with van der Waals surface area (Å²) in [4.78, 5) is 12.1. The van der Waals surface area contributed by atoms with E-state index >= 15 is 0 Å². The van der Waals surface area contributed by atoms with Crippen molar-refractivity contribution in [1.82, 2.24) is 5.32 Å². The molecule has 3 rings (SSSR count). The highest BCUT2D eigenvalue weighted by molar-refractivity contribution is 6.02. The number of benzene rings is 2. The van der Waals surface area contributed by atoms with Crippen LogP contribution >= 0.6 is 12.4 Å². The van der Waals surface area contributed by atoms with Gasteiger partial charge in [-0.15, -0.1) is 12.4 Å². The predicted octanol–water partition coefficient (Wildman–Crippen LogP) is 4.01. The monoisotopic (exact) mass is 397 g/mol. The molecule has 2 aromatic rings. The maximum atomic E-state index is 12.1. The molecule has 1 aliphatic heterocycles. The average molecular weight is 398 g/mol. The molecule has 0 radical (unpaired) electrons. The van der Waals surface area contributed by atoms with E-state index in [-0.39, 0.29) is 18.3 Å². The number of carbonyl (C=O) groups excluding carboxylic acids is 1. The first-order valence-electron chi connectivity index (χ1n) is 9.16. The van der Waals surface area contributed by atoms with Gasteiger partial charge in [-0.3, -0.25) is 4.79 Å². The van der Waals surface area contributed by atoms with Gasteiger partial charge in [0.05, 0.1) is 18.2 Å². The second-order valence-corrected chi connectivity index (χ2v) is 6.59. The Morgan fingerprint density at radius 3 is 2.68 bits per heavy atom. The van der Waals surface area contributed by atoms with Gasteiger partial charge >= 0.3 is 0 Å².